The number of nitrogens with zero attached hydrogens (tertiary/aromatic N) is 1. The summed E-state index contributed by atoms with van der Waals surface area (Å²) in [4.78, 5) is 24.7. The summed E-state index contributed by atoms with van der Waals surface area (Å²) in [5.74, 6) is -0.326. The molecule has 0 spiro atoms. The third kappa shape index (κ3) is 3.03. The van der Waals surface area contributed by atoms with E-state index < -0.39 is 24.2 Å². The van der Waals surface area contributed by atoms with Crippen molar-refractivity contribution < 1.29 is 19.1 Å². The molecule has 0 aromatic carbocycles. The largest absolute Gasteiger partial charge is 0.464 e. The Balaban J connectivity index is 2.80. The third-order valence-electron chi connectivity index (χ3n) is 3.09. The normalized spacial score (nSPS) is 25.3. The highest BCUT2D eigenvalue weighted by Gasteiger charge is 2.47. The molecule has 0 aromatic heterocycles. The van der Waals surface area contributed by atoms with Crippen LogP contribution in [0.2, 0.25) is 0 Å². The van der Waals surface area contributed by atoms with Crippen molar-refractivity contribution in [2.24, 2.45) is 5.92 Å². The zero-order chi connectivity index (χ0) is 13.7. The molecule has 1 amide bonds. The average molecular weight is 255 g/mol. The van der Waals surface area contributed by atoms with Crippen molar-refractivity contribution >= 4 is 12.1 Å². The molecule has 0 radical (unpaired) electrons. The minimum atomic E-state index is -0.641. The number of allylic oxidation sites excluding steroid dienone is 2. The molecule has 5 nitrogen and oxygen atoms in total. The van der Waals surface area contributed by atoms with Gasteiger partial charge in [-0.3, -0.25) is 4.90 Å². The number of amides is 1. The maximum absolute atomic E-state index is 11.9. The maximum atomic E-state index is 11.9. The van der Waals surface area contributed by atoms with Gasteiger partial charge in [-0.15, -0.1) is 0 Å². The van der Waals surface area contributed by atoms with E-state index in [0.29, 0.717) is 6.61 Å². The topological polar surface area (TPSA) is 55.8 Å². The third-order valence-corrected chi connectivity index (χ3v) is 3.09. The molecule has 1 rings (SSSR count). The number of rotatable bonds is 5. The van der Waals surface area contributed by atoms with Gasteiger partial charge in [-0.25, -0.2) is 9.59 Å². The van der Waals surface area contributed by atoms with Gasteiger partial charge in [-0.1, -0.05) is 19.1 Å². The molecule has 0 unspecified atom stereocenters. The van der Waals surface area contributed by atoms with Crippen LogP contribution in [0.4, 0.5) is 4.79 Å². The van der Waals surface area contributed by atoms with E-state index >= 15 is 0 Å². The Labute approximate surface area is 108 Å². The van der Waals surface area contributed by atoms with Crippen LogP contribution in [-0.2, 0) is 14.3 Å². The molecule has 0 N–H and O–H groups in total. The first-order chi connectivity index (χ1) is 8.52. The molecule has 5 heteroatoms. The number of hydrogen-bond donors (Lipinski definition) is 0. The minimum Gasteiger partial charge on any atom is -0.464 e. The van der Waals surface area contributed by atoms with Crippen LogP contribution in [0.5, 0.6) is 0 Å². The highest BCUT2D eigenvalue weighted by molar-refractivity contribution is 5.84. The van der Waals surface area contributed by atoms with Gasteiger partial charge >= 0.3 is 12.1 Å². The van der Waals surface area contributed by atoms with Crippen molar-refractivity contribution in [1.82, 2.24) is 4.90 Å². The predicted molar refractivity (Wildman–Crippen MR) is 67.0 cm³/mol. The molecule has 3 atom stereocenters. The zero-order valence-corrected chi connectivity index (χ0v) is 11.4. The molecule has 0 bridgehead atoms. The van der Waals surface area contributed by atoms with E-state index in [0.717, 1.165) is 6.42 Å². The summed E-state index contributed by atoms with van der Waals surface area (Å²) in [5.41, 5.74) is 0. The van der Waals surface area contributed by atoms with Crippen LogP contribution in [-0.4, -0.2) is 42.8 Å². The highest BCUT2D eigenvalue weighted by Crippen LogP contribution is 2.27. The first-order valence-corrected chi connectivity index (χ1v) is 6.24. The second-order valence-corrected chi connectivity index (χ2v) is 4.44. The number of ether oxygens (including phenoxy) is 2. The van der Waals surface area contributed by atoms with Crippen LogP contribution in [0.15, 0.2) is 12.2 Å². The molecule has 1 saturated heterocycles. The van der Waals surface area contributed by atoms with Crippen molar-refractivity contribution in [3.05, 3.63) is 12.2 Å². The molecular formula is C13H21NO4. The first kappa shape index (κ1) is 14.5. The van der Waals surface area contributed by atoms with E-state index in [4.69, 9.17) is 9.47 Å². The van der Waals surface area contributed by atoms with Crippen molar-refractivity contribution in [2.75, 3.05) is 13.7 Å². The van der Waals surface area contributed by atoms with Crippen LogP contribution < -0.4 is 0 Å². The lowest BCUT2D eigenvalue weighted by atomic mass is 9.94. The van der Waals surface area contributed by atoms with Gasteiger partial charge in [-0.05, 0) is 26.2 Å². The quantitative estimate of drug-likeness (QED) is 0.556. The summed E-state index contributed by atoms with van der Waals surface area (Å²) in [5, 5.41) is 0. The summed E-state index contributed by atoms with van der Waals surface area (Å²) in [6.45, 7) is 5.94. The Bertz CT molecular complexity index is 340. The monoisotopic (exact) mass is 255 g/mol. The summed E-state index contributed by atoms with van der Waals surface area (Å²) in [7, 11) is 1.56. The number of carbonyl (C=O) groups is 2. The molecule has 102 valence electrons. The average Bonchev–Trinajstić information content (AvgIpc) is 2.63. The molecule has 1 fully saturated rings. The summed E-state index contributed by atoms with van der Waals surface area (Å²) in [6.07, 6.45) is 3.79. The van der Waals surface area contributed by atoms with Gasteiger partial charge in [0.05, 0.1) is 6.61 Å². The van der Waals surface area contributed by atoms with Gasteiger partial charge < -0.3 is 9.47 Å². The Kier molecular flexibility index (Phi) is 5.19. The molecule has 1 aliphatic rings. The fraction of sp³-hybridized carbons (Fsp3) is 0.692. The van der Waals surface area contributed by atoms with Crippen molar-refractivity contribution in [1.29, 1.82) is 0 Å². The second-order valence-electron chi connectivity index (χ2n) is 4.44. The van der Waals surface area contributed by atoms with Crippen molar-refractivity contribution in [3.8, 4) is 0 Å². The number of cyclic esters (lactones) is 1. The Hall–Kier alpha value is -1.52. The van der Waals surface area contributed by atoms with Crippen LogP contribution in [0, 0.1) is 5.92 Å². The van der Waals surface area contributed by atoms with Gasteiger partial charge in [0, 0.05) is 7.05 Å². The van der Waals surface area contributed by atoms with Gasteiger partial charge in [-0.2, -0.15) is 0 Å². The highest BCUT2D eigenvalue weighted by atomic mass is 16.6. The standard InChI is InChI=1S/C13H21NO4/c1-5-7-8-9(3)11-10(12(15)17-6-2)14(4)13(16)18-11/h5,7,9-11H,6,8H2,1-4H3/b7-5+/t9-,10+,11-/m1/s1. The Morgan fingerprint density at radius 1 is 1.61 bits per heavy atom. The van der Waals surface area contributed by atoms with Crippen molar-refractivity contribution in [2.45, 2.75) is 39.3 Å². The van der Waals surface area contributed by atoms with Crippen LogP contribution in [0.1, 0.15) is 27.2 Å². The number of carbonyl (C=O) groups excluding carboxylic acids is 2. The molecule has 0 aromatic rings. The molecule has 18 heavy (non-hydrogen) atoms. The van der Waals surface area contributed by atoms with E-state index in [1.807, 2.05) is 26.0 Å². The van der Waals surface area contributed by atoms with Gasteiger partial charge in [0.15, 0.2) is 6.04 Å². The second kappa shape index (κ2) is 6.42. The zero-order valence-electron chi connectivity index (χ0n) is 11.4. The molecule has 1 aliphatic heterocycles. The number of hydrogen-bond acceptors (Lipinski definition) is 4. The van der Waals surface area contributed by atoms with Gasteiger partial charge in [0.25, 0.3) is 0 Å². The predicted octanol–water partition coefficient (Wildman–Crippen LogP) is 1.97. The van der Waals surface area contributed by atoms with E-state index in [1.54, 1.807) is 14.0 Å². The fourth-order valence-corrected chi connectivity index (χ4v) is 2.03. The van der Waals surface area contributed by atoms with E-state index in [1.165, 1.54) is 4.90 Å². The van der Waals surface area contributed by atoms with E-state index in [-0.39, 0.29) is 5.92 Å². The number of esters is 1. The Morgan fingerprint density at radius 2 is 2.28 bits per heavy atom. The molecule has 0 aliphatic carbocycles. The SMILES string of the molecule is C/C=C/C[C@@H](C)[C@H]1OC(=O)N(C)[C@@H]1C(=O)OCC. The van der Waals surface area contributed by atoms with Crippen LogP contribution in [0.25, 0.3) is 0 Å². The van der Waals surface area contributed by atoms with Crippen molar-refractivity contribution in [3.63, 3.8) is 0 Å². The van der Waals surface area contributed by atoms with Crippen LogP contribution in [0.3, 0.4) is 0 Å². The molecule has 0 saturated carbocycles. The maximum Gasteiger partial charge on any atom is 0.410 e. The van der Waals surface area contributed by atoms with E-state index in [2.05, 4.69) is 0 Å². The van der Waals surface area contributed by atoms with E-state index in [9.17, 15) is 9.59 Å². The van der Waals surface area contributed by atoms with Gasteiger partial charge in [0.1, 0.15) is 6.10 Å². The fourth-order valence-electron chi connectivity index (χ4n) is 2.03. The molecular weight excluding hydrogens is 234 g/mol. The lowest BCUT2D eigenvalue weighted by Crippen LogP contribution is -2.44. The lowest BCUT2D eigenvalue weighted by Gasteiger charge is -2.23. The van der Waals surface area contributed by atoms with Crippen LogP contribution >= 0.6 is 0 Å². The smallest absolute Gasteiger partial charge is 0.410 e. The summed E-state index contributed by atoms with van der Waals surface area (Å²) in [6, 6.07) is -0.641. The number of likely N-dealkylation sites (N-methyl/N-ethyl adjacent to an activating group) is 1. The minimum absolute atomic E-state index is 0.0736. The molecule has 1 heterocycles. The summed E-state index contributed by atoms with van der Waals surface area (Å²) < 4.78 is 10.3. The van der Waals surface area contributed by atoms with Gasteiger partial charge in [0.2, 0.25) is 0 Å². The Morgan fingerprint density at radius 3 is 2.83 bits per heavy atom. The first-order valence-electron chi connectivity index (χ1n) is 6.24. The lowest BCUT2D eigenvalue weighted by molar-refractivity contribution is -0.149. The summed E-state index contributed by atoms with van der Waals surface area (Å²) >= 11 is 0.